The first kappa shape index (κ1) is 29.1. The Morgan fingerprint density at radius 2 is 1.79 bits per heavy atom. The molecule has 0 amide bonds. The highest BCUT2D eigenvalue weighted by atomic mass is 15.2. The molecule has 0 bridgehead atoms. The summed E-state index contributed by atoms with van der Waals surface area (Å²) in [6, 6.07) is 6.14. The summed E-state index contributed by atoms with van der Waals surface area (Å²) in [5.41, 5.74) is 4.04. The lowest BCUT2D eigenvalue weighted by Gasteiger charge is -2.25. The van der Waals surface area contributed by atoms with E-state index < -0.39 is 0 Å². The van der Waals surface area contributed by atoms with E-state index in [1.54, 1.807) is 13.2 Å². The lowest BCUT2D eigenvalue weighted by molar-refractivity contribution is 0.873. The van der Waals surface area contributed by atoms with Crippen molar-refractivity contribution in [2.45, 2.75) is 80.6 Å². The van der Waals surface area contributed by atoms with Crippen molar-refractivity contribution < 1.29 is 0 Å². The zero-order valence-electron chi connectivity index (χ0n) is 20.3. The van der Waals surface area contributed by atoms with Crippen LogP contribution in [0.2, 0.25) is 0 Å². The maximum Gasteiger partial charge on any atom is 0.136 e. The normalized spacial score (nSPS) is 12.8. The van der Waals surface area contributed by atoms with Gasteiger partial charge in [-0.1, -0.05) is 79.1 Å². The van der Waals surface area contributed by atoms with E-state index in [2.05, 4.69) is 42.5 Å². The summed E-state index contributed by atoms with van der Waals surface area (Å²) < 4.78 is 0. The number of hydrogen-bond acceptors (Lipinski definition) is 2. The SMILES string of the molecule is CC.CC.CC.[B]c1cc(N(C=C)C(=NC)C2=CN=CCCC2)ccc1C(C)C. The van der Waals surface area contributed by atoms with Crippen molar-refractivity contribution in [2.75, 3.05) is 11.9 Å². The fourth-order valence-corrected chi connectivity index (χ4v) is 2.79. The van der Waals surface area contributed by atoms with Crippen LogP contribution in [0.4, 0.5) is 5.69 Å². The number of aliphatic imine (C=N–C) groups is 2. The van der Waals surface area contributed by atoms with Crippen LogP contribution >= 0.6 is 0 Å². The molecule has 2 radical (unpaired) electrons. The van der Waals surface area contributed by atoms with Crippen LogP contribution in [0.15, 0.2) is 52.7 Å². The Labute approximate surface area is 182 Å². The quantitative estimate of drug-likeness (QED) is 0.313. The lowest BCUT2D eigenvalue weighted by Crippen LogP contribution is -2.28. The Bertz CT molecular complexity index is 658. The molecule has 0 unspecified atom stereocenters. The molecule has 29 heavy (non-hydrogen) atoms. The van der Waals surface area contributed by atoms with Crippen molar-refractivity contribution in [3.63, 3.8) is 0 Å². The van der Waals surface area contributed by atoms with Crippen LogP contribution in [0.1, 0.15) is 86.1 Å². The minimum absolute atomic E-state index is 0.402. The van der Waals surface area contributed by atoms with Gasteiger partial charge in [-0.05, 0) is 37.3 Å². The average Bonchev–Trinajstić information content (AvgIpc) is 3.05. The third-order valence-corrected chi connectivity index (χ3v) is 4.00. The fraction of sp³-hybridized carbons (Fsp3) is 0.520. The van der Waals surface area contributed by atoms with E-state index in [1.807, 2.05) is 64.9 Å². The average molecular weight is 395 g/mol. The Morgan fingerprint density at radius 1 is 1.17 bits per heavy atom. The number of amidine groups is 1. The van der Waals surface area contributed by atoms with Gasteiger partial charge in [0.2, 0.25) is 0 Å². The highest BCUT2D eigenvalue weighted by Crippen LogP contribution is 2.23. The van der Waals surface area contributed by atoms with E-state index in [0.717, 1.165) is 47.4 Å². The monoisotopic (exact) mass is 395 g/mol. The van der Waals surface area contributed by atoms with Gasteiger partial charge in [0.05, 0.1) is 0 Å². The number of rotatable bonds is 4. The zero-order valence-corrected chi connectivity index (χ0v) is 20.3. The van der Waals surface area contributed by atoms with E-state index in [1.165, 1.54) is 0 Å². The van der Waals surface area contributed by atoms with Crippen molar-refractivity contribution in [3.05, 3.63) is 48.3 Å². The molecule has 160 valence electrons. The minimum atomic E-state index is 0.402. The molecule has 0 saturated heterocycles. The maximum absolute atomic E-state index is 6.22. The van der Waals surface area contributed by atoms with Gasteiger partial charge in [0, 0.05) is 36.9 Å². The first-order valence-electron chi connectivity index (χ1n) is 11.1. The summed E-state index contributed by atoms with van der Waals surface area (Å²) in [4.78, 5) is 10.8. The van der Waals surface area contributed by atoms with Gasteiger partial charge in [0.15, 0.2) is 0 Å². The molecule has 0 spiro atoms. The molecule has 1 aliphatic rings. The largest absolute Gasteiger partial charge is 0.303 e. The summed E-state index contributed by atoms with van der Waals surface area (Å²) >= 11 is 0. The number of anilines is 1. The van der Waals surface area contributed by atoms with Crippen molar-refractivity contribution >= 4 is 31.0 Å². The van der Waals surface area contributed by atoms with E-state index in [4.69, 9.17) is 7.85 Å². The van der Waals surface area contributed by atoms with Crippen LogP contribution in [0.3, 0.4) is 0 Å². The molecule has 1 heterocycles. The minimum Gasteiger partial charge on any atom is -0.303 e. The molecular weight excluding hydrogens is 353 g/mol. The predicted octanol–water partition coefficient (Wildman–Crippen LogP) is 6.80. The summed E-state index contributed by atoms with van der Waals surface area (Å²) in [6.45, 7) is 20.2. The second-order valence-electron chi connectivity index (χ2n) is 5.95. The topological polar surface area (TPSA) is 28.0 Å². The molecule has 0 N–H and O–H groups in total. The van der Waals surface area contributed by atoms with Crippen LogP contribution < -0.4 is 10.4 Å². The van der Waals surface area contributed by atoms with Crippen molar-refractivity contribution in [2.24, 2.45) is 9.98 Å². The summed E-state index contributed by atoms with van der Waals surface area (Å²) in [7, 11) is 8.02. The first-order chi connectivity index (χ1) is 14.1. The standard InChI is InChI=1S/C19H24BN3.3C2H6/c1-5-23(16-9-10-17(14(2)3)18(20)12-16)19(21-4)15-8-6-7-11-22-13-15;3*1-2/h5,9-14H,1,6-8H2,2-4H3;3*1-2H3. The van der Waals surface area contributed by atoms with Gasteiger partial charge in [-0.3, -0.25) is 9.98 Å². The zero-order chi connectivity index (χ0) is 22.8. The molecule has 0 saturated carbocycles. The molecule has 0 atom stereocenters. The van der Waals surface area contributed by atoms with Crippen LogP contribution in [-0.4, -0.2) is 26.9 Å². The van der Waals surface area contributed by atoms with Crippen LogP contribution in [0.25, 0.3) is 0 Å². The highest BCUT2D eigenvalue weighted by Gasteiger charge is 2.16. The molecule has 4 heteroatoms. The second-order valence-corrected chi connectivity index (χ2v) is 5.95. The molecule has 1 aromatic carbocycles. The predicted molar refractivity (Wildman–Crippen MR) is 136 cm³/mol. The Morgan fingerprint density at radius 3 is 2.28 bits per heavy atom. The Balaban J connectivity index is 0. The first-order valence-corrected chi connectivity index (χ1v) is 11.1. The van der Waals surface area contributed by atoms with E-state index in [9.17, 15) is 0 Å². The number of nitrogens with zero attached hydrogens (tertiary/aromatic N) is 3. The van der Waals surface area contributed by atoms with Crippen LogP contribution in [0, 0.1) is 0 Å². The van der Waals surface area contributed by atoms with E-state index >= 15 is 0 Å². The molecular formula is C25H42BN3. The van der Waals surface area contributed by atoms with Crippen LogP contribution in [-0.2, 0) is 0 Å². The highest BCUT2D eigenvalue weighted by molar-refractivity contribution is 6.34. The molecule has 1 aromatic rings. The van der Waals surface area contributed by atoms with E-state index in [-0.39, 0.29) is 0 Å². The summed E-state index contributed by atoms with van der Waals surface area (Å²) in [5.74, 6) is 1.27. The molecule has 0 fully saturated rings. The van der Waals surface area contributed by atoms with Crippen molar-refractivity contribution in [3.8, 4) is 0 Å². The number of benzene rings is 1. The third kappa shape index (κ3) is 9.30. The maximum atomic E-state index is 6.22. The second kappa shape index (κ2) is 18.0. The van der Waals surface area contributed by atoms with E-state index in [0.29, 0.717) is 5.92 Å². The summed E-state index contributed by atoms with van der Waals surface area (Å²) in [6.07, 6.45) is 8.67. The van der Waals surface area contributed by atoms with Gasteiger partial charge >= 0.3 is 0 Å². The van der Waals surface area contributed by atoms with Crippen LogP contribution in [0.5, 0.6) is 0 Å². The van der Waals surface area contributed by atoms with Gasteiger partial charge in [-0.2, -0.15) is 0 Å². The third-order valence-electron chi connectivity index (χ3n) is 4.00. The van der Waals surface area contributed by atoms with Crippen molar-refractivity contribution in [1.82, 2.24) is 0 Å². The summed E-state index contributed by atoms with van der Waals surface area (Å²) in [5, 5.41) is 0. The van der Waals surface area contributed by atoms with Gasteiger partial charge in [-0.25, -0.2) is 0 Å². The molecule has 0 aromatic heterocycles. The fourth-order valence-electron chi connectivity index (χ4n) is 2.79. The van der Waals surface area contributed by atoms with Gasteiger partial charge < -0.3 is 4.90 Å². The molecule has 1 aliphatic heterocycles. The van der Waals surface area contributed by atoms with Crippen molar-refractivity contribution in [1.29, 1.82) is 0 Å². The van der Waals surface area contributed by atoms with Gasteiger partial charge in [0.25, 0.3) is 0 Å². The lowest BCUT2D eigenvalue weighted by atomic mass is 9.85. The molecule has 2 rings (SSSR count). The van der Waals surface area contributed by atoms with Gasteiger partial charge in [0.1, 0.15) is 13.7 Å². The number of hydrogen-bond donors (Lipinski definition) is 0. The van der Waals surface area contributed by atoms with Gasteiger partial charge in [-0.15, -0.1) is 0 Å². The molecule has 0 aliphatic carbocycles. The Hall–Kier alpha value is -2.10. The smallest absolute Gasteiger partial charge is 0.136 e. The molecule has 3 nitrogen and oxygen atoms in total. The Kier molecular flexibility index (Phi) is 18.0.